The molecule has 8 heteroatoms. The first kappa shape index (κ1) is 12.8. The van der Waals surface area contributed by atoms with Gasteiger partial charge in [-0.15, -0.1) is 5.10 Å². The van der Waals surface area contributed by atoms with E-state index < -0.39 is 17.4 Å². The van der Waals surface area contributed by atoms with E-state index in [1.54, 1.807) is 0 Å². The normalized spacial score (nSPS) is 10.7. The first-order valence-electron chi connectivity index (χ1n) is 4.84. The molecule has 0 saturated carbocycles. The Morgan fingerprint density at radius 3 is 2.65 bits per heavy atom. The number of nitrogens with one attached hydrogen (secondary N) is 2. The van der Waals surface area contributed by atoms with Crippen LogP contribution in [0.15, 0.2) is 12.4 Å². The van der Waals surface area contributed by atoms with Crippen LogP contribution < -0.4 is 10.6 Å². The maximum absolute atomic E-state index is 11.4. The first-order valence-corrected chi connectivity index (χ1v) is 4.84. The number of carbonyl (C=O) groups excluding carboxylic acids is 1. The number of anilines is 1. The highest BCUT2D eigenvalue weighted by atomic mass is 16.4. The van der Waals surface area contributed by atoms with Crippen LogP contribution in [0.5, 0.6) is 0 Å². The molecule has 92 valence electrons. The van der Waals surface area contributed by atoms with Crippen molar-refractivity contribution in [3.05, 3.63) is 12.4 Å². The Kier molecular flexibility index (Phi) is 3.91. The molecule has 0 aliphatic rings. The van der Waals surface area contributed by atoms with E-state index in [9.17, 15) is 9.59 Å². The highest BCUT2D eigenvalue weighted by Gasteiger charge is 2.27. The van der Waals surface area contributed by atoms with E-state index in [1.165, 1.54) is 26.2 Å². The maximum atomic E-state index is 11.4. The van der Waals surface area contributed by atoms with Crippen LogP contribution in [0.3, 0.4) is 0 Å². The number of carboxylic acids is 1. The van der Waals surface area contributed by atoms with Crippen molar-refractivity contribution in [3.8, 4) is 0 Å². The summed E-state index contributed by atoms with van der Waals surface area (Å²) in [6.07, 6.45) is 2.75. The third-order valence-corrected chi connectivity index (χ3v) is 1.98. The van der Waals surface area contributed by atoms with Gasteiger partial charge in [-0.2, -0.15) is 5.10 Å². The van der Waals surface area contributed by atoms with E-state index >= 15 is 0 Å². The monoisotopic (exact) mass is 239 g/mol. The van der Waals surface area contributed by atoms with Gasteiger partial charge in [0, 0.05) is 6.54 Å². The Balaban J connectivity index is 2.44. The van der Waals surface area contributed by atoms with Crippen LogP contribution in [0.4, 0.5) is 10.7 Å². The van der Waals surface area contributed by atoms with Crippen molar-refractivity contribution in [1.82, 2.24) is 20.5 Å². The standard InChI is InChI=1S/C9H13N5O3/c1-9(2,6(15)16)5-11-8(17)13-7-10-3-4-12-14-7/h3-4H,5H2,1-2H3,(H,15,16)(H2,10,11,13,14,17). The lowest BCUT2D eigenvalue weighted by Gasteiger charge is -2.19. The fraction of sp³-hybridized carbons (Fsp3) is 0.444. The molecule has 17 heavy (non-hydrogen) atoms. The van der Waals surface area contributed by atoms with Crippen molar-refractivity contribution in [3.63, 3.8) is 0 Å². The van der Waals surface area contributed by atoms with Gasteiger partial charge < -0.3 is 10.4 Å². The number of amides is 2. The number of carbonyl (C=O) groups is 2. The Morgan fingerprint density at radius 1 is 1.41 bits per heavy atom. The van der Waals surface area contributed by atoms with Gasteiger partial charge in [-0.25, -0.2) is 9.78 Å². The zero-order valence-corrected chi connectivity index (χ0v) is 9.47. The maximum Gasteiger partial charge on any atom is 0.321 e. The average Bonchev–Trinajstić information content (AvgIpc) is 2.28. The van der Waals surface area contributed by atoms with Crippen molar-refractivity contribution in [2.45, 2.75) is 13.8 Å². The van der Waals surface area contributed by atoms with Gasteiger partial charge in [0.1, 0.15) is 0 Å². The van der Waals surface area contributed by atoms with E-state index in [2.05, 4.69) is 25.8 Å². The fourth-order valence-corrected chi connectivity index (χ4v) is 0.827. The van der Waals surface area contributed by atoms with Gasteiger partial charge in [-0.3, -0.25) is 10.1 Å². The molecule has 0 fully saturated rings. The summed E-state index contributed by atoms with van der Waals surface area (Å²) in [6, 6.07) is -0.577. The molecule has 0 unspecified atom stereocenters. The third kappa shape index (κ3) is 4.01. The molecule has 0 saturated heterocycles. The molecule has 8 nitrogen and oxygen atoms in total. The molecule has 0 bridgehead atoms. The van der Waals surface area contributed by atoms with Gasteiger partial charge in [0.15, 0.2) is 0 Å². The van der Waals surface area contributed by atoms with Crippen molar-refractivity contribution in [2.75, 3.05) is 11.9 Å². The molecule has 0 aromatic carbocycles. The molecule has 2 amide bonds. The predicted octanol–water partition coefficient (Wildman–Crippen LogP) is 0.104. The number of aliphatic carboxylic acids is 1. The quantitative estimate of drug-likeness (QED) is 0.686. The highest BCUT2D eigenvalue weighted by molar-refractivity contribution is 5.87. The molecule has 1 aromatic rings. The SMILES string of the molecule is CC(C)(CNC(=O)Nc1nccnn1)C(=O)O. The molecule has 0 spiro atoms. The summed E-state index contributed by atoms with van der Waals surface area (Å²) in [7, 11) is 0. The number of hydrogen-bond acceptors (Lipinski definition) is 5. The van der Waals surface area contributed by atoms with Gasteiger partial charge in [-0.05, 0) is 13.8 Å². The molecular formula is C9H13N5O3. The van der Waals surface area contributed by atoms with Crippen LogP contribution in [-0.2, 0) is 4.79 Å². The molecule has 0 radical (unpaired) electrons. The molecule has 3 N–H and O–H groups in total. The number of urea groups is 1. The highest BCUT2D eigenvalue weighted by Crippen LogP contribution is 2.12. The Bertz CT molecular complexity index is 406. The largest absolute Gasteiger partial charge is 0.481 e. The predicted molar refractivity (Wildman–Crippen MR) is 58.3 cm³/mol. The molecule has 1 heterocycles. The van der Waals surface area contributed by atoms with Crippen molar-refractivity contribution >= 4 is 17.9 Å². The van der Waals surface area contributed by atoms with E-state index in [0.29, 0.717) is 0 Å². The number of carboxylic acid groups (broad SMARTS) is 1. The molecule has 0 aliphatic carbocycles. The summed E-state index contributed by atoms with van der Waals surface area (Å²) in [6.45, 7) is 3.01. The molecule has 1 aromatic heterocycles. The summed E-state index contributed by atoms with van der Waals surface area (Å²) >= 11 is 0. The van der Waals surface area contributed by atoms with E-state index in [0.717, 1.165) is 0 Å². The molecule has 0 atom stereocenters. The lowest BCUT2D eigenvalue weighted by Crippen LogP contribution is -2.40. The number of hydrogen-bond donors (Lipinski definition) is 3. The summed E-state index contributed by atoms with van der Waals surface area (Å²) in [4.78, 5) is 25.9. The van der Waals surface area contributed by atoms with Crippen molar-refractivity contribution in [2.24, 2.45) is 5.41 Å². The van der Waals surface area contributed by atoms with Crippen LogP contribution in [0.1, 0.15) is 13.8 Å². The second-order valence-electron chi connectivity index (χ2n) is 3.96. The van der Waals surface area contributed by atoms with Crippen LogP contribution in [-0.4, -0.2) is 38.8 Å². The van der Waals surface area contributed by atoms with Crippen LogP contribution in [0.25, 0.3) is 0 Å². The van der Waals surface area contributed by atoms with Crippen LogP contribution >= 0.6 is 0 Å². The second-order valence-corrected chi connectivity index (χ2v) is 3.96. The summed E-state index contributed by atoms with van der Waals surface area (Å²) in [5.74, 6) is -0.937. The lowest BCUT2D eigenvalue weighted by molar-refractivity contribution is -0.146. The topological polar surface area (TPSA) is 117 Å². The van der Waals surface area contributed by atoms with Gasteiger partial charge >= 0.3 is 12.0 Å². The molecule has 0 aliphatic heterocycles. The van der Waals surface area contributed by atoms with Crippen molar-refractivity contribution < 1.29 is 14.7 Å². The number of nitrogens with zero attached hydrogens (tertiary/aromatic N) is 3. The smallest absolute Gasteiger partial charge is 0.321 e. The first-order chi connectivity index (χ1) is 7.92. The summed E-state index contributed by atoms with van der Waals surface area (Å²) in [5, 5.41) is 20.7. The average molecular weight is 239 g/mol. The number of aromatic nitrogens is 3. The van der Waals surface area contributed by atoms with Crippen LogP contribution in [0.2, 0.25) is 0 Å². The summed E-state index contributed by atoms with van der Waals surface area (Å²) in [5.41, 5.74) is -1.03. The second kappa shape index (κ2) is 5.19. The lowest BCUT2D eigenvalue weighted by atomic mass is 9.94. The van der Waals surface area contributed by atoms with Gasteiger partial charge in [-0.1, -0.05) is 0 Å². The van der Waals surface area contributed by atoms with E-state index in [4.69, 9.17) is 5.11 Å². The van der Waals surface area contributed by atoms with Crippen molar-refractivity contribution in [1.29, 1.82) is 0 Å². The zero-order valence-electron chi connectivity index (χ0n) is 9.47. The Labute approximate surface area is 97.5 Å². The Hall–Kier alpha value is -2.25. The van der Waals surface area contributed by atoms with Gasteiger partial charge in [0.25, 0.3) is 5.95 Å². The minimum absolute atomic E-state index is 0.00553. The number of rotatable bonds is 4. The molecule has 1 rings (SSSR count). The third-order valence-electron chi connectivity index (χ3n) is 1.98. The van der Waals surface area contributed by atoms with Gasteiger partial charge in [0.2, 0.25) is 0 Å². The minimum atomic E-state index is -1.03. The van der Waals surface area contributed by atoms with E-state index in [1.807, 2.05) is 0 Å². The molecular weight excluding hydrogens is 226 g/mol. The van der Waals surface area contributed by atoms with E-state index in [-0.39, 0.29) is 12.5 Å². The van der Waals surface area contributed by atoms with Gasteiger partial charge in [0.05, 0.1) is 17.8 Å². The zero-order chi connectivity index (χ0) is 12.9. The minimum Gasteiger partial charge on any atom is -0.481 e. The fourth-order valence-electron chi connectivity index (χ4n) is 0.827. The Morgan fingerprint density at radius 2 is 2.12 bits per heavy atom. The summed E-state index contributed by atoms with van der Waals surface area (Å²) < 4.78 is 0. The van der Waals surface area contributed by atoms with Crippen LogP contribution in [0, 0.1) is 5.41 Å².